The molecule has 0 radical (unpaired) electrons. The number of nitrogens with zero attached hydrogens (tertiary/aromatic N) is 1. The Labute approximate surface area is 125 Å². The normalized spacial score (nSPS) is 46.8. The Morgan fingerprint density at radius 1 is 1.30 bits per heavy atom. The number of rotatable bonds is 1. The van der Waals surface area contributed by atoms with E-state index in [1.807, 2.05) is 16.7 Å². The standard InChI is InChI=1S/C15H26N2O2S/c1-9-7-17(8-10(2)20-9)13(18)15(16)11-5-6-19-12(11)14(15,3)4/h9-12H,5-8,16H2,1-4H3. The van der Waals surface area contributed by atoms with Crippen LogP contribution in [0.5, 0.6) is 0 Å². The van der Waals surface area contributed by atoms with E-state index in [4.69, 9.17) is 10.5 Å². The van der Waals surface area contributed by atoms with Gasteiger partial charge >= 0.3 is 0 Å². The van der Waals surface area contributed by atoms with E-state index in [1.54, 1.807) is 0 Å². The van der Waals surface area contributed by atoms with Crippen molar-refractivity contribution < 1.29 is 9.53 Å². The lowest BCUT2D eigenvalue weighted by Crippen LogP contribution is -2.80. The lowest BCUT2D eigenvalue weighted by Gasteiger charge is -2.62. The fraction of sp³-hybridized carbons (Fsp3) is 0.933. The van der Waals surface area contributed by atoms with E-state index in [-0.39, 0.29) is 23.3 Å². The van der Waals surface area contributed by atoms with Crippen LogP contribution in [-0.4, -0.2) is 52.6 Å². The number of fused-ring (bicyclic) bond motifs is 1. The SMILES string of the molecule is CC1CN(C(=O)C2(N)C3CCOC3C2(C)C)CC(C)S1. The first kappa shape index (κ1) is 14.7. The lowest BCUT2D eigenvalue weighted by molar-refractivity contribution is -0.184. The van der Waals surface area contributed by atoms with Crippen LogP contribution in [0, 0.1) is 11.3 Å². The van der Waals surface area contributed by atoms with Crippen LogP contribution in [0.25, 0.3) is 0 Å². The van der Waals surface area contributed by atoms with Crippen molar-refractivity contribution in [1.29, 1.82) is 0 Å². The van der Waals surface area contributed by atoms with Gasteiger partial charge in [-0.25, -0.2) is 0 Å². The number of amides is 1. The number of ether oxygens (including phenoxy) is 1. The number of nitrogens with two attached hydrogens (primary N) is 1. The first-order valence-corrected chi connectivity index (χ1v) is 8.58. The van der Waals surface area contributed by atoms with Gasteiger partial charge < -0.3 is 15.4 Å². The van der Waals surface area contributed by atoms with E-state index in [0.717, 1.165) is 26.1 Å². The molecule has 3 fully saturated rings. The highest BCUT2D eigenvalue weighted by Crippen LogP contribution is 2.58. The minimum atomic E-state index is -0.740. The van der Waals surface area contributed by atoms with Crippen molar-refractivity contribution in [3.05, 3.63) is 0 Å². The highest BCUT2D eigenvalue weighted by atomic mass is 32.2. The lowest BCUT2D eigenvalue weighted by atomic mass is 9.47. The molecule has 3 rings (SSSR count). The second-order valence-electron chi connectivity index (χ2n) is 7.24. The predicted molar refractivity (Wildman–Crippen MR) is 81.6 cm³/mol. The van der Waals surface area contributed by atoms with Crippen LogP contribution in [0.3, 0.4) is 0 Å². The largest absolute Gasteiger partial charge is 0.377 e. The first-order valence-electron chi connectivity index (χ1n) is 7.63. The third-order valence-electron chi connectivity index (χ3n) is 5.51. The molecule has 5 heteroatoms. The van der Waals surface area contributed by atoms with Crippen LogP contribution >= 0.6 is 11.8 Å². The summed E-state index contributed by atoms with van der Waals surface area (Å²) in [4.78, 5) is 15.1. The molecule has 0 bridgehead atoms. The van der Waals surface area contributed by atoms with Gasteiger partial charge in [0.05, 0.1) is 6.10 Å². The number of thioether (sulfide) groups is 1. The molecule has 1 aliphatic carbocycles. The summed E-state index contributed by atoms with van der Waals surface area (Å²) in [7, 11) is 0. The highest BCUT2D eigenvalue weighted by Gasteiger charge is 2.72. The summed E-state index contributed by atoms with van der Waals surface area (Å²) in [5, 5.41) is 0.982. The molecule has 2 heterocycles. The Kier molecular flexibility index (Phi) is 3.39. The Hall–Kier alpha value is -0.260. The molecule has 114 valence electrons. The summed E-state index contributed by atoms with van der Waals surface area (Å²) < 4.78 is 5.79. The zero-order valence-corrected chi connectivity index (χ0v) is 13.7. The zero-order valence-electron chi connectivity index (χ0n) is 12.9. The van der Waals surface area contributed by atoms with E-state index < -0.39 is 5.54 Å². The molecule has 5 unspecified atom stereocenters. The molecule has 5 atom stereocenters. The topological polar surface area (TPSA) is 55.6 Å². The van der Waals surface area contributed by atoms with E-state index in [1.165, 1.54) is 0 Å². The van der Waals surface area contributed by atoms with Gasteiger partial charge in [-0.05, 0) is 6.42 Å². The monoisotopic (exact) mass is 298 g/mol. The van der Waals surface area contributed by atoms with Gasteiger partial charge in [0, 0.05) is 41.5 Å². The van der Waals surface area contributed by atoms with E-state index in [2.05, 4.69) is 27.7 Å². The van der Waals surface area contributed by atoms with Gasteiger partial charge in [-0.1, -0.05) is 27.7 Å². The van der Waals surface area contributed by atoms with Crippen molar-refractivity contribution in [3.8, 4) is 0 Å². The molecule has 2 saturated heterocycles. The second kappa shape index (κ2) is 4.62. The molecule has 3 aliphatic rings. The van der Waals surface area contributed by atoms with Crippen molar-refractivity contribution in [3.63, 3.8) is 0 Å². The highest BCUT2D eigenvalue weighted by molar-refractivity contribution is 8.00. The Morgan fingerprint density at radius 2 is 1.90 bits per heavy atom. The van der Waals surface area contributed by atoms with Crippen molar-refractivity contribution in [2.45, 2.75) is 56.3 Å². The van der Waals surface area contributed by atoms with E-state index >= 15 is 0 Å². The molecule has 4 nitrogen and oxygen atoms in total. The molecule has 1 amide bonds. The van der Waals surface area contributed by atoms with Crippen molar-refractivity contribution in [2.75, 3.05) is 19.7 Å². The van der Waals surface area contributed by atoms with Gasteiger partial charge in [-0.3, -0.25) is 4.79 Å². The minimum absolute atomic E-state index is 0.147. The number of carbonyl (C=O) groups is 1. The quantitative estimate of drug-likeness (QED) is 0.797. The molecule has 1 saturated carbocycles. The Morgan fingerprint density at radius 3 is 2.50 bits per heavy atom. The Bertz CT molecular complexity index is 418. The Balaban J connectivity index is 1.82. The van der Waals surface area contributed by atoms with Crippen LogP contribution < -0.4 is 5.73 Å². The zero-order chi connectivity index (χ0) is 14.7. The fourth-order valence-electron chi connectivity index (χ4n) is 4.42. The molecule has 0 aromatic heterocycles. The fourth-order valence-corrected chi connectivity index (χ4v) is 5.75. The molecule has 2 N–H and O–H groups in total. The van der Waals surface area contributed by atoms with E-state index in [0.29, 0.717) is 10.5 Å². The maximum atomic E-state index is 13.1. The molecule has 2 aliphatic heterocycles. The maximum Gasteiger partial charge on any atom is 0.243 e. The summed E-state index contributed by atoms with van der Waals surface area (Å²) in [6, 6.07) is 0. The maximum absolute atomic E-state index is 13.1. The summed E-state index contributed by atoms with van der Waals surface area (Å²) in [6.07, 6.45) is 1.08. The van der Waals surface area contributed by atoms with Gasteiger partial charge in [0.1, 0.15) is 5.54 Å². The third-order valence-corrected chi connectivity index (χ3v) is 6.74. The van der Waals surface area contributed by atoms with Crippen LogP contribution in [0.15, 0.2) is 0 Å². The van der Waals surface area contributed by atoms with Gasteiger partial charge in [0.2, 0.25) is 5.91 Å². The second-order valence-corrected chi connectivity index (χ2v) is 9.13. The molecule has 20 heavy (non-hydrogen) atoms. The van der Waals surface area contributed by atoms with E-state index in [9.17, 15) is 4.79 Å². The van der Waals surface area contributed by atoms with Crippen LogP contribution in [-0.2, 0) is 9.53 Å². The number of hydrogen-bond acceptors (Lipinski definition) is 4. The van der Waals surface area contributed by atoms with Crippen LogP contribution in [0.4, 0.5) is 0 Å². The minimum Gasteiger partial charge on any atom is -0.377 e. The van der Waals surface area contributed by atoms with Crippen LogP contribution in [0.2, 0.25) is 0 Å². The summed E-state index contributed by atoms with van der Waals surface area (Å²) in [6.45, 7) is 10.9. The third kappa shape index (κ3) is 1.79. The summed E-state index contributed by atoms with van der Waals surface area (Å²) in [5.74, 6) is 0.346. The molecular weight excluding hydrogens is 272 g/mol. The van der Waals surface area contributed by atoms with Gasteiger partial charge in [-0.2, -0.15) is 11.8 Å². The van der Waals surface area contributed by atoms with Crippen molar-refractivity contribution >= 4 is 17.7 Å². The average Bonchev–Trinajstić information content (AvgIpc) is 2.83. The average molecular weight is 298 g/mol. The number of hydrogen-bond donors (Lipinski definition) is 1. The van der Waals surface area contributed by atoms with Crippen molar-refractivity contribution in [1.82, 2.24) is 4.90 Å². The van der Waals surface area contributed by atoms with Crippen molar-refractivity contribution in [2.24, 2.45) is 17.1 Å². The van der Waals surface area contributed by atoms with Crippen LogP contribution in [0.1, 0.15) is 34.1 Å². The van der Waals surface area contributed by atoms with Gasteiger partial charge in [0.15, 0.2) is 0 Å². The van der Waals surface area contributed by atoms with Gasteiger partial charge in [0.25, 0.3) is 0 Å². The number of carbonyl (C=O) groups excluding carboxylic acids is 1. The van der Waals surface area contributed by atoms with Gasteiger partial charge in [-0.15, -0.1) is 0 Å². The summed E-state index contributed by atoms with van der Waals surface area (Å²) >= 11 is 1.96. The summed E-state index contributed by atoms with van der Waals surface area (Å²) in [5.41, 5.74) is 5.65. The molecule has 0 aromatic rings. The smallest absolute Gasteiger partial charge is 0.243 e. The molecule has 0 aromatic carbocycles. The molecule has 0 spiro atoms. The first-order chi connectivity index (χ1) is 9.28. The predicted octanol–water partition coefficient (Wildman–Crippen LogP) is 1.48. The molecular formula is C15H26N2O2S.